The van der Waals surface area contributed by atoms with Crippen LogP contribution in [-0.2, 0) is 9.53 Å². The van der Waals surface area contributed by atoms with Crippen LogP contribution < -0.4 is 0 Å². The lowest BCUT2D eigenvalue weighted by Gasteiger charge is -2.16. The van der Waals surface area contributed by atoms with Crippen molar-refractivity contribution in [2.75, 3.05) is 0 Å². The van der Waals surface area contributed by atoms with Crippen LogP contribution in [0.4, 0.5) is 4.39 Å². The predicted molar refractivity (Wildman–Crippen MR) is 129 cm³/mol. The Balaban J connectivity index is 1.70. The highest BCUT2D eigenvalue weighted by atomic mass is 127. The van der Waals surface area contributed by atoms with E-state index in [0.29, 0.717) is 11.3 Å². The van der Waals surface area contributed by atoms with Gasteiger partial charge in [-0.25, -0.2) is 13.9 Å². The van der Waals surface area contributed by atoms with Gasteiger partial charge < -0.3 is 4.74 Å². The van der Waals surface area contributed by atoms with Crippen molar-refractivity contribution in [1.82, 2.24) is 9.78 Å². The Morgan fingerprint density at radius 3 is 2.22 bits per heavy atom. The van der Waals surface area contributed by atoms with E-state index >= 15 is 0 Å². The van der Waals surface area contributed by atoms with Gasteiger partial charge in [-0.3, -0.25) is 0 Å². The summed E-state index contributed by atoms with van der Waals surface area (Å²) in [6.07, 6.45) is -0.603. The lowest BCUT2D eigenvalue weighted by molar-refractivity contribution is -0.139. The van der Waals surface area contributed by atoms with Crippen LogP contribution in [0.5, 0.6) is 0 Å². The van der Waals surface area contributed by atoms with E-state index in [1.807, 2.05) is 65.3 Å². The number of cyclic esters (lactones) is 1. The summed E-state index contributed by atoms with van der Waals surface area (Å²) in [5.74, 6) is -1.06. The van der Waals surface area contributed by atoms with Crippen molar-refractivity contribution in [3.8, 4) is 16.9 Å². The zero-order chi connectivity index (χ0) is 22.2. The molecule has 4 aromatic rings. The SMILES string of the molecule is C=C1C(=O)O[C@H](c2nn(-c3ccccc3)c(-c3ccc(F)cc3)c2I)[C@H]1c1ccccc1. The summed E-state index contributed by atoms with van der Waals surface area (Å²) in [6.45, 7) is 4.00. The van der Waals surface area contributed by atoms with Gasteiger partial charge in [-0.15, -0.1) is 0 Å². The van der Waals surface area contributed by atoms with E-state index < -0.39 is 12.1 Å². The molecule has 0 bridgehead atoms. The Morgan fingerprint density at radius 1 is 0.938 bits per heavy atom. The quantitative estimate of drug-likeness (QED) is 0.177. The summed E-state index contributed by atoms with van der Waals surface area (Å²) in [6, 6.07) is 25.7. The third-order valence-electron chi connectivity index (χ3n) is 5.57. The number of benzene rings is 3. The Labute approximate surface area is 198 Å². The van der Waals surface area contributed by atoms with Crippen molar-refractivity contribution in [2.24, 2.45) is 0 Å². The first-order chi connectivity index (χ1) is 15.5. The molecule has 1 aromatic heterocycles. The van der Waals surface area contributed by atoms with Crippen LogP contribution >= 0.6 is 22.6 Å². The maximum atomic E-state index is 13.6. The zero-order valence-electron chi connectivity index (χ0n) is 16.9. The third-order valence-corrected chi connectivity index (χ3v) is 6.64. The van der Waals surface area contributed by atoms with Gasteiger partial charge in [0.05, 0.1) is 20.9 Å². The molecule has 0 spiro atoms. The summed E-state index contributed by atoms with van der Waals surface area (Å²) in [5.41, 5.74) is 4.49. The fraction of sp³-hybridized carbons (Fsp3) is 0.0769. The molecule has 32 heavy (non-hydrogen) atoms. The van der Waals surface area contributed by atoms with Crippen molar-refractivity contribution in [3.63, 3.8) is 0 Å². The number of hydrogen-bond acceptors (Lipinski definition) is 3. The van der Waals surface area contributed by atoms with Gasteiger partial charge in [-0.05, 0) is 64.6 Å². The van der Waals surface area contributed by atoms with Crippen LogP contribution in [0.2, 0.25) is 0 Å². The van der Waals surface area contributed by atoms with E-state index in [9.17, 15) is 9.18 Å². The number of hydrogen-bond donors (Lipinski definition) is 0. The molecular formula is C26H18FIN2O2. The van der Waals surface area contributed by atoms with Gasteiger partial charge in [0.1, 0.15) is 11.5 Å². The lowest BCUT2D eigenvalue weighted by Crippen LogP contribution is -2.09. The molecule has 1 aliphatic heterocycles. The Bertz CT molecular complexity index is 1300. The standard InChI is InChI=1S/C26H18FIN2O2/c1-16-21(17-8-4-2-5-9-17)25(32-26(16)31)23-22(28)24(18-12-14-19(27)15-13-18)30(29-23)20-10-6-3-7-11-20/h2-15,21,25H,1H2/t21-,25+/m1/s1. The second kappa shape index (κ2) is 8.35. The minimum atomic E-state index is -0.603. The second-order valence-corrected chi connectivity index (χ2v) is 8.62. The summed E-state index contributed by atoms with van der Waals surface area (Å²) < 4.78 is 22.1. The first-order valence-corrected chi connectivity index (χ1v) is 11.2. The third kappa shape index (κ3) is 3.54. The first kappa shape index (κ1) is 20.6. The number of ether oxygens (including phenoxy) is 1. The smallest absolute Gasteiger partial charge is 0.334 e. The largest absolute Gasteiger partial charge is 0.451 e. The average Bonchev–Trinajstić information content (AvgIpc) is 3.31. The highest BCUT2D eigenvalue weighted by Gasteiger charge is 2.43. The van der Waals surface area contributed by atoms with Crippen LogP contribution in [0.15, 0.2) is 97.1 Å². The van der Waals surface area contributed by atoms with Crippen molar-refractivity contribution >= 4 is 28.6 Å². The number of carbonyl (C=O) groups excluding carboxylic acids is 1. The molecule has 0 amide bonds. The monoisotopic (exact) mass is 536 g/mol. The number of para-hydroxylation sites is 1. The van der Waals surface area contributed by atoms with Gasteiger partial charge in [0.2, 0.25) is 0 Å². The molecule has 2 atom stereocenters. The molecule has 0 saturated carbocycles. The summed E-state index contributed by atoms with van der Waals surface area (Å²) in [5, 5.41) is 4.90. The molecule has 6 heteroatoms. The normalized spacial score (nSPS) is 18.1. The number of nitrogens with zero attached hydrogens (tertiary/aromatic N) is 2. The molecule has 2 heterocycles. The molecule has 3 aromatic carbocycles. The molecular weight excluding hydrogens is 518 g/mol. The van der Waals surface area contributed by atoms with Crippen molar-refractivity contribution in [1.29, 1.82) is 0 Å². The van der Waals surface area contributed by atoms with Crippen LogP contribution in [0, 0.1) is 9.39 Å². The molecule has 1 fully saturated rings. The van der Waals surface area contributed by atoms with Crippen LogP contribution in [0.1, 0.15) is 23.3 Å². The number of esters is 1. The van der Waals surface area contributed by atoms with Gasteiger partial charge in [-0.1, -0.05) is 55.1 Å². The zero-order valence-corrected chi connectivity index (χ0v) is 19.1. The summed E-state index contributed by atoms with van der Waals surface area (Å²) in [7, 11) is 0. The number of carbonyl (C=O) groups is 1. The maximum Gasteiger partial charge on any atom is 0.334 e. The molecule has 0 unspecified atom stereocenters. The van der Waals surface area contributed by atoms with E-state index in [1.165, 1.54) is 12.1 Å². The molecule has 1 aliphatic rings. The highest BCUT2D eigenvalue weighted by molar-refractivity contribution is 14.1. The molecule has 1 saturated heterocycles. The minimum Gasteiger partial charge on any atom is -0.451 e. The molecule has 0 aliphatic carbocycles. The van der Waals surface area contributed by atoms with Crippen LogP contribution in [-0.4, -0.2) is 15.7 Å². The van der Waals surface area contributed by atoms with Crippen molar-refractivity contribution in [2.45, 2.75) is 12.0 Å². The fourth-order valence-electron chi connectivity index (χ4n) is 4.03. The minimum absolute atomic E-state index is 0.306. The Kier molecular flexibility index (Phi) is 5.38. The first-order valence-electron chi connectivity index (χ1n) is 10.1. The Morgan fingerprint density at radius 2 is 1.56 bits per heavy atom. The molecule has 158 valence electrons. The van der Waals surface area contributed by atoms with Crippen LogP contribution in [0.3, 0.4) is 0 Å². The van der Waals surface area contributed by atoms with Gasteiger partial charge in [0, 0.05) is 11.1 Å². The number of halogens is 2. The van der Waals surface area contributed by atoms with E-state index in [4.69, 9.17) is 9.84 Å². The second-order valence-electron chi connectivity index (χ2n) is 7.54. The van der Waals surface area contributed by atoms with E-state index in [1.54, 1.807) is 12.1 Å². The van der Waals surface area contributed by atoms with Crippen molar-refractivity contribution in [3.05, 3.63) is 118 Å². The van der Waals surface area contributed by atoms with E-state index in [-0.39, 0.29) is 11.7 Å². The summed E-state index contributed by atoms with van der Waals surface area (Å²) in [4.78, 5) is 12.5. The van der Waals surface area contributed by atoms with Gasteiger partial charge in [0.25, 0.3) is 0 Å². The summed E-state index contributed by atoms with van der Waals surface area (Å²) >= 11 is 2.24. The molecule has 4 nitrogen and oxygen atoms in total. The molecule has 5 rings (SSSR count). The lowest BCUT2D eigenvalue weighted by atomic mass is 9.88. The topological polar surface area (TPSA) is 44.1 Å². The van der Waals surface area contributed by atoms with E-state index in [0.717, 1.165) is 26.1 Å². The average molecular weight is 536 g/mol. The van der Waals surface area contributed by atoms with Gasteiger partial charge >= 0.3 is 5.97 Å². The predicted octanol–water partition coefficient (Wildman–Crippen LogP) is 6.22. The number of aromatic nitrogens is 2. The molecule has 0 N–H and O–H groups in total. The Hall–Kier alpha value is -3.26. The number of rotatable bonds is 4. The van der Waals surface area contributed by atoms with E-state index in [2.05, 4.69) is 29.2 Å². The maximum absolute atomic E-state index is 13.6. The fourth-order valence-corrected chi connectivity index (χ4v) is 4.98. The van der Waals surface area contributed by atoms with Crippen LogP contribution in [0.25, 0.3) is 16.9 Å². The van der Waals surface area contributed by atoms with Gasteiger partial charge in [-0.2, -0.15) is 5.10 Å². The molecule has 0 radical (unpaired) electrons. The highest BCUT2D eigenvalue weighted by Crippen LogP contribution is 2.47. The van der Waals surface area contributed by atoms with Gasteiger partial charge in [0.15, 0.2) is 6.10 Å². The van der Waals surface area contributed by atoms with Crippen molar-refractivity contribution < 1.29 is 13.9 Å².